The van der Waals surface area contributed by atoms with Crippen molar-refractivity contribution in [1.29, 1.82) is 0 Å². The number of allylic oxidation sites excluding steroid dienone is 1. The third-order valence-electron chi connectivity index (χ3n) is 0.338. The maximum absolute atomic E-state index is 11.5. The van der Waals surface area contributed by atoms with Crippen LogP contribution >= 0.6 is 11.6 Å². The smallest absolute Gasteiger partial charge is 0.117 e. The van der Waals surface area contributed by atoms with Crippen LogP contribution in [0.15, 0.2) is 11.6 Å². The summed E-state index contributed by atoms with van der Waals surface area (Å²) in [7, 11) is 0. The Bertz CT molecular complexity index is 49.5. The van der Waals surface area contributed by atoms with Crippen LogP contribution in [-0.4, -0.2) is 6.17 Å². The fourth-order valence-corrected chi connectivity index (χ4v) is 0.301. The van der Waals surface area contributed by atoms with Crippen molar-refractivity contribution in [3.8, 4) is 0 Å². The van der Waals surface area contributed by atoms with Gasteiger partial charge in [0.05, 0.1) is 0 Å². The first kappa shape index (κ1) is 5.96. The molecule has 1 atom stereocenters. The van der Waals surface area contributed by atoms with Gasteiger partial charge in [-0.25, -0.2) is 4.39 Å². The summed E-state index contributed by atoms with van der Waals surface area (Å²) < 4.78 is 11.5. The minimum Gasteiger partial charge on any atom is -0.243 e. The second-order valence-corrected chi connectivity index (χ2v) is 1.25. The highest BCUT2D eigenvalue weighted by Gasteiger charge is 1.82. The van der Waals surface area contributed by atoms with Gasteiger partial charge in [0.25, 0.3) is 0 Å². The molecular weight excluding hydrogens is 102 g/mol. The molecule has 2 heteroatoms. The number of halogens is 2. The zero-order valence-corrected chi connectivity index (χ0v) is 4.24. The van der Waals surface area contributed by atoms with Crippen molar-refractivity contribution in [3.63, 3.8) is 0 Å². The fraction of sp³-hybridized carbons (Fsp3) is 0.500. The number of hydrogen-bond donors (Lipinski definition) is 0. The lowest BCUT2D eigenvalue weighted by Crippen LogP contribution is -1.79. The SMILES string of the molecule is CC(F)/C=C/Cl. The average Bonchev–Trinajstić information content (AvgIpc) is 1.35. The summed E-state index contributed by atoms with van der Waals surface area (Å²) in [4.78, 5) is 0. The van der Waals surface area contributed by atoms with Crippen LogP contribution in [0.3, 0.4) is 0 Å². The van der Waals surface area contributed by atoms with Crippen molar-refractivity contribution in [2.24, 2.45) is 0 Å². The number of alkyl halides is 1. The molecule has 0 nitrogen and oxygen atoms in total. The van der Waals surface area contributed by atoms with Crippen LogP contribution in [0, 0.1) is 0 Å². The third kappa shape index (κ3) is 3.96. The predicted molar refractivity (Wildman–Crippen MR) is 25.6 cm³/mol. The highest BCUT2D eigenvalue weighted by Crippen LogP contribution is 1.89. The Kier molecular flexibility index (Phi) is 3.14. The average molecular weight is 109 g/mol. The number of hydrogen-bond acceptors (Lipinski definition) is 0. The molecule has 0 aliphatic carbocycles. The minimum atomic E-state index is -0.914. The molecule has 0 saturated heterocycles. The highest BCUT2D eigenvalue weighted by atomic mass is 35.5. The summed E-state index contributed by atoms with van der Waals surface area (Å²) in [6.45, 7) is 1.42. The molecule has 0 bridgehead atoms. The molecule has 0 aliphatic rings. The van der Waals surface area contributed by atoms with Crippen LogP contribution in [-0.2, 0) is 0 Å². The Hall–Kier alpha value is -0.0400. The molecule has 0 rings (SSSR count). The molecule has 0 aromatic rings. The van der Waals surface area contributed by atoms with E-state index < -0.39 is 6.17 Å². The molecule has 0 radical (unpaired) electrons. The molecule has 0 spiro atoms. The van der Waals surface area contributed by atoms with Crippen molar-refractivity contribution in [2.45, 2.75) is 13.1 Å². The lowest BCUT2D eigenvalue weighted by Gasteiger charge is -1.81. The first-order valence-electron chi connectivity index (χ1n) is 1.68. The molecule has 0 heterocycles. The maximum atomic E-state index is 11.5. The summed E-state index contributed by atoms with van der Waals surface area (Å²) in [5, 5.41) is 0. The molecule has 0 N–H and O–H groups in total. The topological polar surface area (TPSA) is 0 Å². The van der Waals surface area contributed by atoms with Crippen LogP contribution in [0.5, 0.6) is 0 Å². The second-order valence-electron chi connectivity index (χ2n) is 0.996. The van der Waals surface area contributed by atoms with Gasteiger partial charge in [0.2, 0.25) is 0 Å². The first-order valence-corrected chi connectivity index (χ1v) is 2.12. The molecule has 0 amide bonds. The molecule has 0 aliphatic heterocycles. The first-order chi connectivity index (χ1) is 2.77. The molecule has 0 aromatic carbocycles. The second kappa shape index (κ2) is 3.16. The van der Waals surface area contributed by atoms with E-state index in [1.807, 2.05) is 0 Å². The maximum Gasteiger partial charge on any atom is 0.117 e. The molecule has 1 unspecified atom stereocenters. The van der Waals surface area contributed by atoms with Crippen LogP contribution in [0.1, 0.15) is 6.92 Å². The Balaban J connectivity index is 3.03. The van der Waals surface area contributed by atoms with Gasteiger partial charge in [-0.15, -0.1) is 0 Å². The Morgan fingerprint density at radius 3 is 2.33 bits per heavy atom. The molecule has 36 valence electrons. The van der Waals surface area contributed by atoms with Crippen molar-refractivity contribution in [1.82, 2.24) is 0 Å². The van der Waals surface area contributed by atoms with E-state index in [0.29, 0.717) is 0 Å². The van der Waals surface area contributed by atoms with Gasteiger partial charge in [0, 0.05) is 5.54 Å². The van der Waals surface area contributed by atoms with Gasteiger partial charge in [-0.2, -0.15) is 0 Å². The van der Waals surface area contributed by atoms with E-state index in [1.54, 1.807) is 0 Å². The van der Waals surface area contributed by atoms with E-state index in [1.165, 1.54) is 18.5 Å². The van der Waals surface area contributed by atoms with Gasteiger partial charge >= 0.3 is 0 Å². The van der Waals surface area contributed by atoms with Crippen molar-refractivity contribution in [3.05, 3.63) is 11.6 Å². The summed E-state index contributed by atoms with van der Waals surface area (Å²) >= 11 is 4.98. The quantitative estimate of drug-likeness (QED) is 0.483. The Labute approximate surface area is 41.6 Å². The minimum absolute atomic E-state index is 0.914. The van der Waals surface area contributed by atoms with Crippen molar-refractivity contribution in [2.75, 3.05) is 0 Å². The van der Waals surface area contributed by atoms with E-state index >= 15 is 0 Å². The number of rotatable bonds is 1. The summed E-state index contributed by atoms with van der Waals surface area (Å²) in [6, 6.07) is 0. The molecule has 0 fully saturated rings. The van der Waals surface area contributed by atoms with Crippen LogP contribution in [0.25, 0.3) is 0 Å². The van der Waals surface area contributed by atoms with Gasteiger partial charge in [-0.3, -0.25) is 0 Å². The lowest BCUT2D eigenvalue weighted by molar-refractivity contribution is 0.431. The molecule has 0 saturated carbocycles. The monoisotopic (exact) mass is 108 g/mol. The highest BCUT2D eigenvalue weighted by molar-refractivity contribution is 6.25. The summed E-state index contributed by atoms with van der Waals surface area (Å²) in [5.41, 5.74) is 1.17. The van der Waals surface area contributed by atoms with E-state index in [0.717, 1.165) is 0 Å². The van der Waals surface area contributed by atoms with E-state index in [4.69, 9.17) is 11.6 Å². The molecule has 6 heavy (non-hydrogen) atoms. The lowest BCUT2D eigenvalue weighted by atomic mass is 10.4. The Morgan fingerprint density at radius 2 is 2.33 bits per heavy atom. The summed E-state index contributed by atoms with van der Waals surface area (Å²) in [5.74, 6) is 0. The fourth-order valence-electron chi connectivity index (χ4n) is 0.100. The predicted octanol–water partition coefficient (Wildman–Crippen LogP) is 2.10. The standard InChI is InChI=1S/C4H6ClF/c1-4(6)2-3-5/h2-4H,1H3/b3-2+. The largest absolute Gasteiger partial charge is 0.243 e. The van der Waals surface area contributed by atoms with Gasteiger partial charge in [-0.05, 0) is 13.0 Å². The third-order valence-corrected chi connectivity index (χ3v) is 0.483. The van der Waals surface area contributed by atoms with E-state index in [-0.39, 0.29) is 0 Å². The van der Waals surface area contributed by atoms with Crippen LogP contribution < -0.4 is 0 Å². The van der Waals surface area contributed by atoms with E-state index in [2.05, 4.69) is 0 Å². The van der Waals surface area contributed by atoms with Crippen molar-refractivity contribution >= 4 is 11.6 Å². The van der Waals surface area contributed by atoms with Gasteiger partial charge < -0.3 is 0 Å². The molecular formula is C4H6ClF. The van der Waals surface area contributed by atoms with Crippen LogP contribution in [0.4, 0.5) is 4.39 Å². The van der Waals surface area contributed by atoms with Gasteiger partial charge in [0.1, 0.15) is 6.17 Å². The molecule has 0 aromatic heterocycles. The zero-order chi connectivity index (χ0) is 4.99. The Morgan fingerprint density at radius 1 is 1.83 bits per heavy atom. The summed E-state index contributed by atoms with van der Waals surface area (Å²) in [6.07, 6.45) is 0.351. The normalized spacial score (nSPS) is 15.8. The zero-order valence-electron chi connectivity index (χ0n) is 3.49. The van der Waals surface area contributed by atoms with Crippen LogP contribution in [0.2, 0.25) is 0 Å². The van der Waals surface area contributed by atoms with E-state index in [9.17, 15) is 4.39 Å². The van der Waals surface area contributed by atoms with Crippen molar-refractivity contribution < 1.29 is 4.39 Å². The van der Waals surface area contributed by atoms with Gasteiger partial charge in [-0.1, -0.05) is 11.6 Å². The van der Waals surface area contributed by atoms with Gasteiger partial charge in [0.15, 0.2) is 0 Å².